The highest BCUT2D eigenvalue weighted by Crippen LogP contribution is 2.60. The van der Waals surface area contributed by atoms with Crippen molar-refractivity contribution in [2.24, 2.45) is 11.3 Å². The number of rotatable bonds is 8. The maximum atomic E-state index is 13.6. The molecule has 0 radical (unpaired) electrons. The van der Waals surface area contributed by atoms with E-state index < -0.39 is 26.0 Å². The van der Waals surface area contributed by atoms with Crippen molar-refractivity contribution in [2.45, 2.75) is 96.2 Å². The summed E-state index contributed by atoms with van der Waals surface area (Å²) < 4.78 is 27.1. The summed E-state index contributed by atoms with van der Waals surface area (Å²) in [5, 5.41) is 9.38. The molecule has 0 aromatic rings. The molecule has 0 aromatic carbocycles. The van der Waals surface area contributed by atoms with Gasteiger partial charge < -0.3 is 10.0 Å². The molecule has 2 aliphatic rings. The van der Waals surface area contributed by atoms with Crippen LogP contribution in [0.2, 0.25) is 16.6 Å². The maximum Gasteiger partial charge on any atom is 0.258 e. The fraction of sp³-hybridized carbons (Fsp3) is 0.913. The van der Waals surface area contributed by atoms with E-state index in [4.69, 9.17) is 0 Å². The van der Waals surface area contributed by atoms with Crippen LogP contribution in [0.15, 0.2) is 0 Å². The van der Waals surface area contributed by atoms with Crippen LogP contribution in [0.25, 0.3) is 0 Å². The molecule has 1 aliphatic carbocycles. The van der Waals surface area contributed by atoms with Gasteiger partial charge in [0.2, 0.25) is 0 Å². The number of halogens is 2. The van der Waals surface area contributed by atoms with E-state index in [1.165, 1.54) is 0 Å². The summed E-state index contributed by atoms with van der Waals surface area (Å²) >= 11 is 0. The van der Waals surface area contributed by atoms with E-state index in [-0.39, 0.29) is 6.42 Å². The van der Waals surface area contributed by atoms with Crippen molar-refractivity contribution in [3.63, 3.8) is 0 Å². The Morgan fingerprint density at radius 2 is 1.54 bits per heavy atom. The SMILES string of the molecule is CC(C)[Si](C#CCCC1CCN(C[C@@]2(CO)CC2(F)F)CC1)(C(C)C)C(C)C. The molecule has 0 bridgehead atoms. The van der Waals surface area contributed by atoms with E-state index in [0.717, 1.165) is 38.8 Å². The quantitative estimate of drug-likeness (QED) is 0.406. The van der Waals surface area contributed by atoms with E-state index in [1.807, 2.05) is 0 Å². The molecule has 0 spiro atoms. The molecule has 2 rings (SSSR count). The van der Waals surface area contributed by atoms with Crippen LogP contribution < -0.4 is 0 Å². The van der Waals surface area contributed by atoms with Crippen LogP contribution in [0.3, 0.4) is 0 Å². The van der Waals surface area contributed by atoms with Crippen molar-refractivity contribution in [1.82, 2.24) is 4.90 Å². The minimum atomic E-state index is -2.67. The number of likely N-dealkylation sites (tertiary alicyclic amines) is 1. The summed E-state index contributed by atoms with van der Waals surface area (Å²) in [4.78, 5) is 2.13. The predicted octanol–water partition coefficient (Wildman–Crippen LogP) is 5.72. The number of hydrogen-bond donors (Lipinski definition) is 1. The lowest BCUT2D eigenvalue weighted by molar-refractivity contribution is 0.0124. The number of hydrogen-bond acceptors (Lipinski definition) is 2. The van der Waals surface area contributed by atoms with Gasteiger partial charge in [-0.1, -0.05) is 41.5 Å². The van der Waals surface area contributed by atoms with E-state index in [9.17, 15) is 13.9 Å². The van der Waals surface area contributed by atoms with Gasteiger partial charge in [0, 0.05) is 19.4 Å². The summed E-state index contributed by atoms with van der Waals surface area (Å²) in [6.07, 6.45) is 4.07. The molecule has 1 aliphatic heterocycles. The Labute approximate surface area is 172 Å². The topological polar surface area (TPSA) is 23.5 Å². The van der Waals surface area contributed by atoms with Gasteiger partial charge in [0.15, 0.2) is 0 Å². The Kier molecular flexibility index (Phi) is 7.78. The fourth-order valence-corrected chi connectivity index (χ4v) is 10.9. The molecular weight excluding hydrogens is 372 g/mol. The molecule has 2 nitrogen and oxygen atoms in total. The molecule has 1 heterocycles. The Morgan fingerprint density at radius 3 is 1.93 bits per heavy atom. The predicted molar refractivity (Wildman–Crippen MR) is 116 cm³/mol. The third-order valence-electron chi connectivity index (χ3n) is 7.60. The zero-order valence-corrected chi connectivity index (χ0v) is 19.8. The summed E-state index contributed by atoms with van der Waals surface area (Å²) in [7, 11) is -1.63. The second kappa shape index (κ2) is 9.14. The molecule has 1 atom stereocenters. The monoisotopic (exact) mass is 413 g/mol. The Morgan fingerprint density at radius 1 is 1.04 bits per heavy atom. The van der Waals surface area contributed by atoms with Crippen molar-refractivity contribution in [3.05, 3.63) is 0 Å². The van der Waals surface area contributed by atoms with Crippen LogP contribution in [0.1, 0.15) is 73.6 Å². The van der Waals surface area contributed by atoms with E-state index >= 15 is 0 Å². The molecular formula is C23H41F2NOSi. The van der Waals surface area contributed by atoms with Crippen LogP contribution in [0.5, 0.6) is 0 Å². The first kappa shape index (κ1) is 23.8. The summed E-state index contributed by atoms with van der Waals surface area (Å²) in [6, 6.07) is 0. The van der Waals surface area contributed by atoms with E-state index in [1.54, 1.807) is 0 Å². The largest absolute Gasteiger partial charge is 0.396 e. The minimum absolute atomic E-state index is 0.154. The van der Waals surface area contributed by atoms with Crippen molar-refractivity contribution < 1.29 is 13.9 Å². The smallest absolute Gasteiger partial charge is 0.258 e. The Bertz CT molecular complexity index is 551. The van der Waals surface area contributed by atoms with Gasteiger partial charge in [0.1, 0.15) is 8.07 Å². The lowest BCUT2D eigenvalue weighted by atomic mass is 9.91. The van der Waals surface area contributed by atoms with Crippen LogP contribution in [0, 0.1) is 22.8 Å². The number of aliphatic hydroxyl groups is 1. The van der Waals surface area contributed by atoms with Crippen molar-refractivity contribution in [1.29, 1.82) is 0 Å². The van der Waals surface area contributed by atoms with Gasteiger partial charge in [-0.3, -0.25) is 0 Å². The van der Waals surface area contributed by atoms with Gasteiger partial charge in [-0.05, 0) is 54.9 Å². The van der Waals surface area contributed by atoms with Crippen molar-refractivity contribution >= 4 is 8.07 Å². The normalized spacial score (nSPS) is 26.0. The molecule has 1 N–H and O–H groups in total. The summed E-state index contributed by atoms with van der Waals surface area (Å²) in [5.41, 5.74) is 4.65. The second-order valence-electron chi connectivity index (χ2n) is 10.3. The first-order valence-corrected chi connectivity index (χ1v) is 13.4. The highest BCUT2D eigenvalue weighted by molar-refractivity contribution is 6.90. The molecule has 0 unspecified atom stereocenters. The highest BCUT2D eigenvalue weighted by atomic mass is 28.3. The molecule has 5 heteroatoms. The Balaban J connectivity index is 1.81. The summed E-state index contributed by atoms with van der Waals surface area (Å²) in [5.74, 6) is 1.55. The van der Waals surface area contributed by atoms with Gasteiger partial charge >= 0.3 is 0 Å². The lowest BCUT2D eigenvalue weighted by Crippen LogP contribution is -2.43. The maximum absolute atomic E-state index is 13.6. The zero-order valence-electron chi connectivity index (χ0n) is 18.8. The fourth-order valence-electron chi connectivity index (χ4n) is 5.56. The third kappa shape index (κ3) is 4.82. The van der Waals surface area contributed by atoms with Crippen LogP contribution in [-0.2, 0) is 0 Å². The van der Waals surface area contributed by atoms with E-state index in [2.05, 4.69) is 57.9 Å². The van der Waals surface area contributed by atoms with Gasteiger partial charge in [0.25, 0.3) is 5.92 Å². The standard InChI is InChI=1S/C23H41F2NOSi/c1-18(2)28(19(3)4,20(5)6)14-8-7-9-21-10-12-26(13-11-21)16-22(17-27)15-23(22,24)25/h18-21,27H,7,9-13,15-17H2,1-6H3/t22-/m1/s1. The molecule has 1 saturated heterocycles. The molecule has 2 fully saturated rings. The van der Waals surface area contributed by atoms with Crippen molar-refractivity contribution in [3.8, 4) is 11.5 Å². The average Bonchev–Trinajstić information content (AvgIpc) is 3.16. The number of nitrogens with zero attached hydrogens (tertiary/aromatic N) is 1. The first-order valence-electron chi connectivity index (χ1n) is 11.2. The molecule has 162 valence electrons. The highest BCUT2D eigenvalue weighted by Gasteiger charge is 2.71. The van der Waals surface area contributed by atoms with Gasteiger partial charge in [-0.25, -0.2) is 8.78 Å². The number of aliphatic hydroxyl groups excluding tert-OH is 1. The van der Waals surface area contributed by atoms with Crippen LogP contribution >= 0.6 is 0 Å². The van der Waals surface area contributed by atoms with Crippen LogP contribution in [0.4, 0.5) is 8.78 Å². The molecule has 28 heavy (non-hydrogen) atoms. The third-order valence-corrected chi connectivity index (χ3v) is 13.9. The van der Waals surface area contributed by atoms with E-state index in [0.29, 0.717) is 29.1 Å². The Hall–Kier alpha value is -0.443. The second-order valence-corrected chi connectivity index (χ2v) is 15.9. The summed E-state index contributed by atoms with van der Waals surface area (Å²) in [6.45, 7) is 15.8. The first-order chi connectivity index (χ1) is 13.0. The van der Waals surface area contributed by atoms with Gasteiger partial charge in [-0.15, -0.1) is 11.5 Å². The van der Waals surface area contributed by atoms with Gasteiger partial charge in [-0.2, -0.15) is 0 Å². The molecule has 0 amide bonds. The molecule has 0 aromatic heterocycles. The molecule has 1 saturated carbocycles. The zero-order chi connectivity index (χ0) is 21.2. The number of alkyl halides is 2. The van der Waals surface area contributed by atoms with Crippen LogP contribution in [-0.4, -0.2) is 50.2 Å². The van der Waals surface area contributed by atoms with Crippen molar-refractivity contribution in [2.75, 3.05) is 26.2 Å². The van der Waals surface area contributed by atoms with Gasteiger partial charge in [0.05, 0.1) is 12.0 Å². The average molecular weight is 414 g/mol. The minimum Gasteiger partial charge on any atom is -0.396 e. The number of piperidine rings is 1. The lowest BCUT2D eigenvalue weighted by Gasteiger charge is -2.38.